The van der Waals surface area contributed by atoms with Gasteiger partial charge in [0.05, 0.1) is 25.2 Å². The van der Waals surface area contributed by atoms with Crippen LogP contribution in [0.2, 0.25) is 0 Å². The first kappa shape index (κ1) is 23.2. The van der Waals surface area contributed by atoms with E-state index >= 15 is 0 Å². The van der Waals surface area contributed by atoms with Crippen LogP contribution in [-0.2, 0) is 19.6 Å². The van der Waals surface area contributed by atoms with Crippen LogP contribution >= 0.6 is 0 Å². The molecule has 0 aliphatic heterocycles. The van der Waals surface area contributed by atoms with Gasteiger partial charge in [-0.3, -0.25) is 4.79 Å². The summed E-state index contributed by atoms with van der Waals surface area (Å²) in [4.78, 5) is 12.6. The van der Waals surface area contributed by atoms with Gasteiger partial charge in [0.15, 0.2) is 0 Å². The highest BCUT2D eigenvalue weighted by atomic mass is 32.2. The summed E-state index contributed by atoms with van der Waals surface area (Å²) in [6.45, 7) is 0. The number of ether oxygens (including phenoxy) is 2. The molecule has 0 aromatic heterocycles. The smallest absolute Gasteiger partial charge is 0.324 e. The molecule has 2 aromatic rings. The van der Waals surface area contributed by atoms with Gasteiger partial charge in [0, 0.05) is 7.05 Å². The standard InChI is InChI=1S/C23H29NO6S/c1-24(22(23(26)30-3)18-4-10-19(25)11-5-18)31(27,28)21-14-8-17(9-15-21)16-6-12-20(29-2)13-7-16/h6-9,12-15,18-19,22,25H,4-5,10-11H2,1-3H3/t18?,19?,22-/m1/s1. The number of carbonyl (C=O) groups excluding carboxylic acids is 1. The van der Waals surface area contributed by atoms with Crippen LogP contribution in [-0.4, -0.2) is 57.2 Å². The topological polar surface area (TPSA) is 93.1 Å². The van der Waals surface area contributed by atoms with Crippen molar-refractivity contribution in [2.75, 3.05) is 21.3 Å². The Morgan fingerprint density at radius 1 is 0.968 bits per heavy atom. The largest absolute Gasteiger partial charge is 0.497 e. The number of sulfonamides is 1. The lowest BCUT2D eigenvalue weighted by Gasteiger charge is -2.35. The highest BCUT2D eigenvalue weighted by Gasteiger charge is 2.40. The fraction of sp³-hybridized carbons (Fsp3) is 0.435. The molecule has 1 aliphatic carbocycles. The molecule has 31 heavy (non-hydrogen) atoms. The van der Waals surface area contributed by atoms with Crippen LogP contribution in [0.4, 0.5) is 0 Å². The minimum Gasteiger partial charge on any atom is -0.497 e. The van der Waals surface area contributed by atoms with Crippen LogP contribution in [0.15, 0.2) is 53.4 Å². The van der Waals surface area contributed by atoms with Gasteiger partial charge in [-0.15, -0.1) is 0 Å². The lowest BCUT2D eigenvalue weighted by Crippen LogP contribution is -2.48. The third-order valence-electron chi connectivity index (χ3n) is 5.98. The monoisotopic (exact) mass is 447 g/mol. The van der Waals surface area contributed by atoms with Crippen molar-refractivity contribution in [1.29, 1.82) is 0 Å². The highest BCUT2D eigenvalue weighted by molar-refractivity contribution is 7.89. The lowest BCUT2D eigenvalue weighted by molar-refractivity contribution is -0.147. The molecule has 0 radical (unpaired) electrons. The molecule has 1 fully saturated rings. The van der Waals surface area contributed by atoms with Gasteiger partial charge in [0.1, 0.15) is 11.8 Å². The van der Waals surface area contributed by atoms with Gasteiger partial charge in [0.25, 0.3) is 0 Å². The zero-order valence-electron chi connectivity index (χ0n) is 18.0. The van der Waals surface area contributed by atoms with E-state index in [-0.39, 0.29) is 10.8 Å². The van der Waals surface area contributed by atoms with E-state index in [2.05, 4.69) is 0 Å². The zero-order valence-corrected chi connectivity index (χ0v) is 18.8. The normalized spacial score (nSPS) is 20.3. The van der Waals surface area contributed by atoms with Gasteiger partial charge in [-0.25, -0.2) is 8.42 Å². The van der Waals surface area contributed by atoms with E-state index in [0.717, 1.165) is 21.2 Å². The number of esters is 1. The number of aliphatic hydroxyl groups is 1. The molecule has 0 heterocycles. The van der Waals surface area contributed by atoms with E-state index in [4.69, 9.17) is 9.47 Å². The molecule has 0 amide bonds. The van der Waals surface area contributed by atoms with Gasteiger partial charge in [-0.05, 0) is 67.0 Å². The molecule has 2 aromatic carbocycles. The second-order valence-electron chi connectivity index (χ2n) is 7.81. The summed E-state index contributed by atoms with van der Waals surface area (Å²) < 4.78 is 37.8. The Hall–Kier alpha value is -2.42. The van der Waals surface area contributed by atoms with Crippen LogP contribution in [0.25, 0.3) is 11.1 Å². The van der Waals surface area contributed by atoms with Crippen molar-refractivity contribution in [3.8, 4) is 16.9 Å². The number of aliphatic hydroxyl groups excluding tert-OH is 1. The quantitative estimate of drug-likeness (QED) is 0.656. The fourth-order valence-electron chi connectivity index (χ4n) is 4.09. The number of nitrogens with zero attached hydrogens (tertiary/aromatic N) is 1. The van der Waals surface area contributed by atoms with E-state index < -0.39 is 28.1 Å². The molecule has 168 valence electrons. The summed E-state index contributed by atoms with van der Waals surface area (Å²) in [5, 5.41) is 9.78. The molecule has 1 N–H and O–H groups in total. The fourth-order valence-corrected chi connectivity index (χ4v) is 5.46. The minimum absolute atomic E-state index is 0.108. The summed E-state index contributed by atoms with van der Waals surface area (Å²) >= 11 is 0. The Balaban J connectivity index is 1.84. The summed E-state index contributed by atoms with van der Waals surface area (Å²) in [6, 6.07) is 13.1. The molecular weight excluding hydrogens is 418 g/mol. The van der Waals surface area contributed by atoms with Crippen LogP contribution < -0.4 is 4.74 Å². The number of methoxy groups -OCH3 is 2. The molecule has 1 aliphatic rings. The maximum absolute atomic E-state index is 13.3. The van der Waals surface area contributed by atoms with E-state index in [1.807, 2.05) is 24.3 Å². The highest BCUT2D eigenvalue weighted by Crippen LogP contribution is 2.32. The maximum atomic E-state index is 13.3. The first-order chi connectivity index (χ1) is 14.8. The van der Waals surface area contributed by atoms with Crippen LogP contribution in [0.1, 0.15) is 25.7 Å². The molecule has 8 heteroatoms. The first-order valence-electron chi connectivity index (χ1n) is 10.3. The Morgan fingerprint density at radius 2 is 1.48 bits per heavy atom. The van der Waals surface area contributed by atoms with Crippen molar-refractivity contribution >= 4 is 16.0 Å². The van der Waals surface area contributed by atoms with Gasteiger partial charge in [-0.1, -0.05) is 24.3 Å². The number of carbonyl (C=O) groups is 1. The number of likely N-dealkylation sites (N-methyl/N-ethyl adjacent to an activating group) is 1. The van der Waals surface area contributed by atoms with Crippen molar-refractivity contribution in [1.82, 2.24) is 4.31 Å². The van der Waals surface area contributed by atoms with Crippen molar-refractivity contribution < 1.29 is 27.8 Å². The molecule has 7 nitrogen and oxygen atoms in total. The van der Waals surface area contributed by atoms with Gasteiger partial charge in [0.2, 0.25) is 10.0 Å². The van der Waals surface area contributed by atoms with E-state index in [1.165, 1.54) is 14.2 Å². The Bertz CT molecular complexity index is 980. The SMILES string of the molecule is COC(=O)[C@@H](C1CCC(O)CC1)N(C)S(=O)(=O)c1ccc(-c2ccc(OC)cc2)cc1. The van der Waals surface area contributed by atoms with E-state index in [1.54, 1.807) is 31.4 Å². The minimum atomic E-state index is -3.92. The molecule has 0 spiro atoms. The molecule has 0 unspecified atom stereocenters. The van der Waals surface area contributed by atoms with Gasteiger partial charge < -0.3 is 14.6 Å². The van der Waals surface area contributed by atoms with Crippen LogP contribution in [0.5, 0.6) is 5.75 Å². The van der Waals surface area contributed by atoms with Gasteiger partial charge >= 0.3 is 5.97 Å². The van der Waals surface area contributed by atoms with Crippen LogP contribution in [0, 0.1) is 5.92 Å². The van der Waals surface area contributed by atoms with E-state index in [0.29, 0.717) is 25.7 Å². The predicted octanol–water partition coefficient (Wildman–Crippen LogP) is 3.08. The summed E-state index contributed by atoms with van der Waals surface area (Å²) in [5.74, 6) is -0.0369. The van der Waals surface area contributed by atoms with Crippen molar-refractivity contribution in [3.05, 3.63) is 48.5 Å². The molecule has 0 bridgehead atoms. The number of hydrogen-bond donors (Lipinski definition) is 1. The third-order valence-corrected chi connectivity index (χ3v) is 7.83. The average molecular weight is 448 g/mol. The van der Waals surface area contributed by atoms with E-state index in [9.17, 15) is 18.3 Å². The summed E-state index contributed by atoms with van der Waals surface area (Å²) in [6.07, 6.45) is 1.82. The number of benzene rings is 2. The second kappa shape index (κ2) is 9.80. The molecular formula is C23H29NO6S. The van der Waals surface area contributed by atoms with Crippen molar-refractivity contribution in [3.63, 3.8) is 0 Å². The third kappa shape index (κ3) is 5.08. The summed E-state index contributed by atoms with van der Waals surface area (Å²) in [5.41, 5.74) is 1.81. The number of rotatable bonds is 7. The second-order valence-corrected chi connectivity index (χ2v) is 9.81. The van der Waals surface area contributed by atoms with Crippen molar-refractivity contribution in [2.45, 2.75) is 42.7 Å². The Morgan fingerprint density at radius 3 is 1.97 bits per heavy atom. The molecule has 3 rings (SSSR count). The molecule has 1 atom stereocenters. The lowest BCUT2D eigenvalue weighted by atomic mass is 9.82. The predicted molar refractivity (Wildman–Crippen MR) is 117 cm³/mol. The number of hydrogen-bond acceptors (Lipinski definition) is 6. The molecule has 0 saturated heterocycles. The zero-order chi connectivity index (χ0) is 22.6. The molecule has 1 saturated carbocycles. The van der Waals surface area contributed by atoms with Crippen LogP contribution in [0.3, 0.4) is 0 Å². The Labute approximate surface area is 183 Å². The van der Waals surface area contributed by atoms with Gasteiger partial charge in [-0.2, -0.15) is 4.31 Å². The average Bonchev–Trinajstić information content (AvgIpc) is 2.80. The first-order valence-corrected chi connectivity index (χ1v) is 11.7. The summed E-state index contributed by atoms with van der Waals surface area (Å²) in [7, 11) is 0.361. The van der Waals surface area contributed by atoms with Crippen molar-refractivity contribution in [2.24, 2.45) is 5.92 Å². The maximum Gasteiger partial charge on any atom is 0.324 e. The Kier molecular flexibility index (Phi) is 7.35.